The van der Waals surface area contributed by atoms with E-state index in [-0.39, 0.29) is 12.4 Å². The minimum absolute atomic E-state index is 0. The van der Waals surface area contributed by atoms with Gasteiger partial charge in [0, 0.05) is 6.42 Å². The predicted molar refractivity (Wildman–Crippen MR) is 41.7 cm³/mol. The highest BCUT2D eigenvalue weighted by molar-refractivity contribution is 5.85. The van der Waals surface area contributed by atoms with Crippen LogP contribution in [0.4, 0.5) is 0 Å². The molecule has 1 aliphatic heterocycles. The maximum atomic E-state index is 10.4. The number of carboxylic acid groups (broad SMARTS) is 1. The summed E-state index contributed by atoms with van der Waals surface area (Å²) in [5, 5.41) is 20.3. The minimum atomic E-state index is -1.65. The predicted octanol–water partition coefficient (Wildman–Crippen LogP) is -0.0451. The van der Waals surface area contributed by atoms with E-state index in [9.17, 15) is 9.90 Å². The molecule has 4 nitrogen and oxygen atoms in total. The van der Waals surface area contributed by atoms with Crippen LogP contribution in [0, 0.1) is 0 Å². The van der Waals surface area contributed by atoms with E-state index in [1.807, 2.05) is 0 Å². The molecule has 0 spiro atoms. The molecule has 1 unspecified atom stereocenters. The fraction of sp³-hybridized carbons (Fsp3) is 0.833. The molecule has 0 aromatic heterocycles. The van der Waals surface area contributed by atoms with Gasteiger partial charge in [0.25, 0.3) is 0 Å². The zero-order valence-corrected chi connectivity index (χ0v) is 6.86. The van der Waals surface area contributed by atoms with Crippen molar-refractivity contribution >= 4 is 18.4 Å². The van der Waals surface area contributed by atoms with Gasteiger partial charge in [0.05, 0.1) is 0 Å². The van der Waals surface area contributed by atoms with E-state index in [2.05, 4.69) is 5.32 Å². The third-order valence-electron chi connectivity index (χ3n) is 1.74. The van der Waals surface area contributed by atoms with Gasteiger partial charge in [-0.25, -0.2) is 4.79 Å². The van der Waals surface area contributed by atoms with Crippen LogP contribution in [0.25, 0.3) is 0 Å². The number of carboxylic acids is 1. The van der Waals surface area contributed by atoms with Crippen molar-refractivity contribution in [2.45, 2.75) is 25.0 Å². The van der Waals surface area contributed by atoms with E-state index in [1.165, 1.54) is 0 Å². The molecule has 5 heteroatoms. The number of halogens is 1. The van der Waals surface area contributed by atoms with Gasteiger partial charge in [-0.15, -0.1) is 12.4 Å². The number of aliphatic hydroxyl groups is 1. The van der Waals surface area contributed by atoms with Crippen molar-refractivity contribution in [2.24, 2.45) is 0 Å². The molecule has 1 heterocycles. The molecule has 0 aliphatic carbocycles. The van der Waals surface area contributed by atoms with Crippen molar-refractivity contribution in [1.82, 2.24) is 5.32 Å². The first-order valence-electron chi connectivity index (χ1n) is 3.36. The van der Waals surface area contributed by atoms with Gasteiger partial charge in [0.2, 0.25) is 5.72 Å². The Morgan fingerprint density at radius 1 is 1.45 bits per heavy atom. The van der Waals surface area contributed by atoms with Crippen LogP contribution in [0.1, 0.15) is 19.3 Å². The third kappa shape index (κ3) is 2.32. The number of carbonyl (C=O) groups is 1. The van der Waals surface area contributed by atoms with E-state index < -0.39 is 11.7 Å². The average molecular weight is 182 g/mol. The molecule has 1 rings (SSSR count). The Morgan fingerprint density at radius 3 is 2.36 bits per heavy atom. The second-order valence-corrected chi connectivity index (χ2v) is 2.55. The van der Waals surface area contributed by atoms with Crippen LogP contribution in [-0.2, 0) is 4.79 Å². The SMILES string of the molecule is Cl.O=C(O)C1(O)CCCCN1. The van der Waals surface area contributed by atoms with Gasteiger partial charge in [-0.05, 0) is 19.4 Å². The van der Waals surface area contributed by atoms with Gasteiger partial charge >= 0.3 is 5.97 Å². The molecule has 0 bridgehead atoms. The Balaban J connectivity index is 0.000001000. The summed E-state index contributed by atoms with van der Waals surface area (Å²) in [6, 6.07) is 0. The van der Waals surface area contributed by atoms with Crippen LogP contribution in [0.3, 0.4) is 0 Å². The average Bonchev–Trinajstić information content (AvgIpc) is 1.89. The lowest BCUT2D eigenvalue weighted by Crippen LogP contribution is -2.54. The number of hydrogen-bond acceptors (Lipinski definition) is 3. The van der Waals surface area contributed by atoms with Gasteiger partial charge in [-0.3, -0.25) is 5.32 Å². The summed E-state index contributed by atoms with van der Waals surface area (Å²) >= 11 is 0. The molecule has 1 fully saturated rings. The maximum Gasteiger partial charge on any atom is 0.351 e. The van der Waals surface area contributed by atoms with Crippen LogP contribution < -0.4 is 5.32 Å². The molecule has 0 aromatic rings. The smallest absolute Gasteiger partial charge is 0.351 e. The Labute approximate surface area is 71.0 Å². The molecule has 1 aliphatic rings. The van der Waals surface area contributed by atoms with E-state index in [0.717, 1.165) is 12.8 Å². The second-order valence-electron chi connectivity index (χ2n) is 2.55. The highest BCUT2D eigenvalue weighted by Gasteiger charge is 2.36. The zero-order valence-electron chi connectivity index (χ0n) is 6.04. The van der Waals surface area contributed by atoms with Crippen molar-refractivity contribution in [3.05, 3.63) is 0 Å². The Kier molecular flexibility index (Phi) is 3.78. The molecule has 0 radical (unpaired) electrons. The summed E-state index contributed by atoms with van der Waals surface area (Å²) in [7, 11) is 0. The van der Waals surface area contributed by atoms with Crippen LogP contribution >= 0.6 is 12.4 Å². The molecule has 0 saturated carbocycles. The Bertz CT molecular complexity index is 145. The lowest BCUT2D eigenvalue weighted by Gasteiger charge is -2.28. The molecule has 1 saturated heterocycles. The molecule has 11 heavy (non-hydrogen) atoms. The summed E-state index contributed by atoms with van der Waals surface area (Å²) in [5.41, 5.74) is -1.65. The molecular formula is C6H12ClNO3. The highest BCUT2D eigenvalue weighted by Crippen LogP contribution is 2.15. The fourth-order valence-electron chi connectivity index (χ4n) is 1.07. The first-order chi connectivity index (χ1) is 4.65. The summed E-state index contributed by atoms with van der Waals surface area (Å²) in [4.78, 5) is 10.4. The normalized spacial score (nSPS) is 30.6. The van der Waals surface area contributed by atoms with E-state index in [0.29, 0.717) is 13.0 Å². The first kappa shape index (κ1) is 10.7. The van der Waals surface area contributed by atoms with Crippen molar-refractivity contribution in [1.29, 1.82) is 0 Å². The number of nitrogens with one attached hydrogen (secondary N) is 1. The molecule has 0 amide bonds. The second kappa shape index (κ2) is 3.90. The maximum absolute atomic E-state index is 10.4. The quantitative estimate of drug-likeness (QED) is 0.531. The fourth-order valence-corrected chi connectivity index (χ4v) is 1.07. The molecule has 0 aromatic carbocycles. The molecule has 1 atom stereocenters. The zero-order chi connectivity index (χ0) is 7.61. The van der Waals surface area contributed by atoms with Crippen LogP contribution in [0.2, 0.25) is 0 Å². The Hall–Kier alpha value is -0.320. The first-order valence-corrected chi connectivity index (χ1v) is 3.36. The van der Waals surface area contributed by atoms with E-state index >= 15 is 0 Å². The minimum Gasteiger partial charge on any atom is -0.478 e. The van der Waals surface area contributed by atoms with Gasteiger partial charge in [-0.2, -0.15) is 0 Å². The number of aliphatic carboxylic acids is 1. The molecular weight excluding hydrogens is 170 g/mol. The van der Waals surface area contributed by atoms with Crippen LogP contribution in [0.15, 0.2) is 0 Å². The summed E-state index contributed by atoms with van der Waals surface area (Å²) < 4.78 is 0. The topological polar surface area (TPSA) is 69.6 Å². The van der Waals surface area contributed by atoms with Crippen molar-refractivity contribution in [2.75, 3.05) is 6.54 Å². The van der Waals surface area contributed by atoms with Crippen molar-refractivity contribution in [3.63, 3.8) is 0 Å². The number of rotatable bonds is 1. The summed E-state index contributed by atoms with van der Waals surface area (Å²) in [6.45, 7) is 0.586. The van der Waals surface area contributed by atoms with E-state index in [4.69, 9.17) is 5.11 Å². The largest absolute Gasteiger partial charge is 0.478 e. The third-order valence-corrected chi connectivity index (χ3v) is 1.74. The summed E-state index contributed by atoms with van der Waals surface area (Å²) in [6.07, 6.45) is 2.02. The van der Waals surface area contributed by atoms with Gasteiger partial charge in [0.15, 0.2) is 0 Å². The van der Waals surface area contributed by atoms with E-state index in [1.54, 1.807) is 0 Å². The monoisotopic (exact) mass is 181 g/mol. The number of hydrogen-bond donors (Lipinski definition) is 3. The Morgan fingerprint density at radius 2 is 2.09 bits per heavy atom. The van der Waals surface area contributed by atoms with Crippen LogP contribution in [-0.4, -0.2) is 28.5 Å². The summed E-state index contributed by atoms with van der Waals surface area (Å²) in [5.74, 6) is -1.17. The lowest BCUT2D eigenvalue weighted by molar-refractivity contribution is -0.165. The highest BCUT2D eigenvalue weighted by atomic mass is 35.5. The standard InChI is InChI=1S/C6H11NO3.ClH/c8-5(9)6(10)3-1-2-4-7-6;/h7,10H,1-4H2,(H,8,9);1H. The lowest BCUT2D eigenvalue weighted by atomic mass is 10.0. The number of piperidine rings is 1. The van der Waals surface area contributed by atoms with Crippen LogP contribution in [0.5, 0.6) is 0 Å². The van der Waals surface area contributed by atoms with Gasteiger partial charge < -0.3 is 10.2 Å². The molecule has 66 valence electrons. The molecule has 3 N–H and O–H groups in total. The van der Waals surface area contributed by atoms with Gasteiger partial charge in [0.1, 0.15) is 0 Å². The van der Waals surface area contributed by atoms with Gasteiger partial charge in [-0.1, -0.05) is 0 Å². The van der Waals surface area contributed by atoms with Crippen molar-refractivity contribution in [3.8, 4) is 0 Å². The van der Waals surface area contributed by atoms with Crippen molar-refractivity contribution < 1.29 is 15.0 Å².